The number of benzene rings is 1. The second-order valence-corrected chi connectivity index (χ2v) is 12.3. The first-order valence-electron chi connectivity index (χ1n) is 12.4. The first-order valence-corrected chi connectivity index (χ1v) is 15.3. The molecule has 1 amide bonds. The third-order valence-electron chi connectivity index (χ3n) is 6.78. The number of pyridine rings is 1. The largest absolute Gasteiger partial charge is 0.467 e. The van der Waals surface area contributed by atoms with E-state index in [-0.39, 0.29) is 18.4 Å². The Hall–Kier alpha value is -3.06. The van der Waals surface area contributed by atoms with Crippen molar-refractivity contribution in [1.29, 1.82) is 0 Å². The van der Waals surface area contributed by atoms with E-state index in [0.29, 0.717) is 52.9 Å². The highest BCUT2D eigenvalue weighted by molar-refractivity contribution is 7.85. The van der Waals surface area contributed by atoms with Gasteiger partial charge in [-0.15, -0.1) is 11.3 Å². The molecule has 1 aromatic carbocycles. The molecule has 1 fully saturated rings. The molecule has 4 heterocycles. The van der Waals surface area contributed by atoms with Crippen molar-refractivity contribution in [2.75, 3.05) is 19.7 Å². The zero-order valence-electron chi connectivity index (χ0n) is 21.1. The summed E-state index contributed by atoms with van der Waals surface area (Å²) < 4.78 is 37.9. The highest BCUT2D eigenvalue weighted by Gasteiger charge is 2.31. The van der Waals surface area contributed by atoms with E-state index < -0.39 is 22.0 Å². The number of amides is 1. The number of halogens is 1. The van der Waals surface area contributed by atoms with Crippen LogP contribution in [0, 0.1) is 6.92 Å². The zero-order valence-corrected chi connectivity index (χ0v) is 23.5. The van der Waals surface area contributed by atoms with Gasteiger partial charge in [0.1, 0.15) is 11.5 Å². The van der Waals surface area contributed by atoms with E-state index in [1.165, 1.54) is 0 Å². The summed E-state index contributed by atoms with van der Waals surface area (Å²) in [6.45, 7) is 3.10. The second-order valence-electron chi connectivity index (χ2n) is 9.52. The van der Waals surface area contributed by atoms with Gasteiger partial charge in [-0.1, -0.05) is 35.0 Å². The molecule has 0 aliphatic carbocycles. The van der Waals surface area contributed by atoms with Gasteiger partial charge in [0.05, 0.1) is 10.7 Å². The van der Waals surface area contributed by atoms with Crippen LogP contribution in [-0.4, -0.2) is 59.2 Å². The number of hydrogen-bond acceptors (Lipinski definition) is 9. The summed E-state index contributed by atoms with van der Waals surface area (Å²) in [5, 5.41) is 7.47. The molecular formula is C26H27ClN4O6S2. The van der Waals surface area contributed by atoms with Gasteiger partial charge in [-0.3, -0.25) is 9.35 Å². The van der Waals surface area contributed by atoms with Crippen molar-refractivity contribution in [3.63, 3.8) is 0 Å². The topological polar surface area (TPSA) is 131 Å². The summed E-state index contributed by atoms with van der Waals surface area (Å²) >= 11 is 7.92. The third-order valence-corrected chi connectivity index (χ3v) is 8.79. The van der Waals surface area contributed by atoms with E-state index in [2.05, 4.69) is 10.1 Å². The normalized spacial score (nSPS) is 18.1. The minimum absolute atomic E-state index is 0.0394. The Morgan fingerprint density at radius 2 is 2.05 bits per heavy atom. The number of ether oxygens (including phenoxy) is 1. The van der Waals surface area contributed by atoms with Crippen molar-refractivity contribution >= 4 is 44.7 Å². The monoisotopic (exact) mass is 590 g/mol. The molecule has 1 N–H and O–H groups in total. The number of oxime groups is 1. The number of likely N-dealkylation sites (tertiary alicyclic amines) is 1. The molecule has 0 radical (unpaired) electrons. The Labute approximate surface area is 235 Å². The molecule has 0 saturated carbocycles. The molecule has 206 valence electrons. The summed E-state index contributed by atoms with van der Waals surface area (Å²) in [6, 6.07) is 8.59. The molecule has 2 aliphatic rings. The SMILES string of the molecule is Cc1cccnc1OCC(=O)N1CCC(c2nc(C3=NOC(c4c(Cl)cccc4CS(=O)(=O)O)C3)cs2)CC1. The Kier molecular flexibility index (Phi) is 8.17. The van der Waals surface area contributed by atoms with Crippen LogP contribution in [0.4, 0.5) is 0 Å². The number of aryl methyl sites for hydroxylation is 1. The summed E-state index contributed by atoms with van der Waals surface area (Å²) in [5.74, 6) is 0.0844. The number of piperidine rings is 1. The van der Waals surface area contributed by atoms with Gasteiger partial charge in [0.25, 0.3) is 16.0 Å². The van der Waals surface area contributed by atoms with Gasteiger partial charge < -0.3 is 14.5 Å². The number of nitrogens with zero attached hydrogens (tertiary/aromatic N) is 4. The molecule has 5 rings (SSSR count). The highest BCUT2D eigenvalue weighted by Crippen LogP contribution is 2.38. The molecule has 1 atom stereocenters. The lowest BCUT2D eigenvalue weighted by Gasteiger charge is -2.31. The fourth-order valence-corrected chi connectivity index (χ4v) is 6.74. The molecule has 2 aliphatic heterocycles. The Bertz CT molecular complexity index is 1500. The van der Waals surface area contributed by atoms with E-state index in [4.69, 9.17) is 26.2 Å². The van der Waals surface area contributed by atoms with Gasteiger partial charge >= 0.3 is 0 Å². The highest BCUT2D eigenvalue weighted by atomic mass is 35.5. The predicted molar refractivity (Wildman–Crippen MR) is 147 cm³/mol. The Morgan fingerprint density at radius 1 is 1.26 bits per heavy atom. The lowest BCUT2D eigenvalue weighted by Crippen LogP contribution is -2.40. The third kappa shape index (κ3) is 6.57. The number of hydrogen-bond donors (Lipinski definition) is 1. The maximum atomic E-state index is 12.7. The first kappa shape index (κ1) is 27.5. The summed E-state index contributed by atoms with van der Waals surface area (Å²) in [5.41, 5.74) is 3.10. The smallest absolute Gasteiger partial charge is 0.269 e. The maximum absolute atomic E-state index is 12.7. The van der Waals surface area contributed by atoms with Crippen LogP contribution in [0.15, 0.2) is 47.1 Å². The standard InChI is InChI=1S/C26H27ClN4O6S2/c1-16-4-3-9-28-25(16)36-13-23(32)31-10-7-17(8-11-31)26-29-21(14-38-26)20-12-22(37-30-20)24-18(15-39(33,34)35)5-2-6-19(24)27/h2-6,9,14,17,22H,7-8,10-13,15H2,1H3,(H,33,34,35). The lowest BCUT2D eigenvalue weighted by molar-refractivity contribution is -0.134. The number of rotatable bonds is 8. The van der Waals surface area contributed by atoms with Crippen LogP contribution in [-0.2, 0) is 25.5 Å². The molecule has 0 bridgehead atoms. The van der Waals surface area contributed by atoms with Gasteiger partial charge in [-0.25, -0.2) is 9.97 Å². The van der Waals surface area contributed by atoms with E-state index in [1.54, 1.807) is 35.7 Å². The average molecular weight is 591 g/mol. The first-order chi connectivity index (χ1) is 18.7. The van der Waals surface area contributed by atoms with E-state index >= 15 is 0 Å². The average Bonchev–Trinajstić information content (AvgIpc) is 3.58. The molecule has 2 aromatic heterocycles. The predicted octanol–water partition coefficient (Wildman–Crippen LogP) is 4.54. The second kappa shape index (κ2) is 11.6. The van der Waals surface area contributed by atoms with Crippen LogP contribution >= 0.6 is 22.9 Å². The summed E-state index contributed by atoms with van der Waals surface area (Å²) in [6.07, 6.45) is 3.02. The minimum atomic E-state index is -4.24. The van der Waals surface area contributed by atoms with E-state index in [0.717, 1.165) is 23.4 Å². The van der Waals surface area contributed by atoms with E-state index in [1.807, 2.05) is 29.3 Å². The van der Waals surface area contributed by atoms with Crippen molar-refractivity contribution < 1.29 is 27.3 Å². The molecular weight excluding hydrogens is 564 g/mol. The van der Waals surface area contributed by atoms with Crippen LogP contribution in [0.3, 0.4) is 0 Å². The fraction of sp³-hybridized carbons (Fsp3) is 0.385. The van der Waals surface area contributed by atoms with Crippen LogP contribution in [0.5, 0.6) is 5.88 Å². The van der Waals surface area contributed by atoms with Crippen molar-refractivity contribution in [3.05, 3.63) is 74.3 Å². The van der Waals surface area contributed by atoms with E-state index in [9.17, 15) is 17.8 Å². The number of carbonyl (C=O) groups is 1. The Morgan fingerprint density at radius 3 is 2.79 bits per heavy atom. The van der Waals surface area contributed by atoms with Gasteiger partial charge in [-0.05, 0) is 37.5 Å². The molecule has 1 saturated heterocycles. The van der Waals surface area contributed by atoms with Gasteiger partial charge in [0, 0.05) is 53.2 Å². The quantitative estimate of drug-likeness (QED) is 0.378. The maximum Gasteiger partial charge on any atom is 0.269 e. The van der Waals surface area contributed by atoms with Crippen molar-refractivity contribution in [1.82, 2.24) is 14.9 Å². The summed E-state index contributed by atoms with van der Waals surface area (Å²) in [7, 11) is -4.24. The lowest BCUT2D eigenvalue weighted by atomic mass is 9.97. The van der Waals surface area contributed by atoms with Crippen molar-refractivity contribution in [2.24, 2.45) is 5.16 Å². The molecule has 1 unspecified atom stereocenters. The molecule has 3 aromatic rings. The number of carbonyl (C=O) groups excluding carboxylic acids is 1. The van der Waals surface area contributed by atoms with Crippen LogP contribution in [0.2, 0.25) is 5.02 Å². The Balaban J connectivity index is 1.17. The van der Waals surface area contributed by atoms with Gasteiger partial charge in [0.15, 0.2) is 12.7 Å². The van der Waals surface area contributed by atoms with Crippen molar-refractivity contribution in [2.45, 2.75) is 44.0 Å². The van der Waals surface area contributed by atoms with Crippen LogP contribution in [0.1, 0.15) is 58.7 Å². The van der Waals surface area contributed by atoms with Crippen molar-refractivity contribution in [3.8, 4) is 5.88 Å². The molecule has 0 spiro atoms. The molecule has 39 heavy (non-hydrogen) atoms. The number of aromatic nitrogens is 2. The van der Waals surface area contributed by atoms with Gasteiger partial charge in [0.2, 0.25) is 5.88 Å². The zero-order chi connectivity index (χ0) is 27.6. The summed E-state index contributed by atoms with van der Waals surface area (Å²) in [4.78, 5) is 29.1. The van der Waals surface area contributed by atoms with Gasteiger partial charge in [-0.2, -0.15) is 8.42 Å². The fourth-order valence-electron chi connectivity index (χ4n) is 4.78. The minimum Gasteiger partial charge on any atom is -0.467 e. The van der Waals surface area contributed by atoms with Crippen LogP contribution in [0.25, 0.3) is 0 Å². The molecule has 10 nitrogen and oxygen atoms in total. The number of thiazole rings is 1. The molecule has 13 heteroatoms. The van der Waals surface area contributed by atoms with Crippen LogP contribution < -0.4 is 4.74 Å².